The Labute approximate surface area is 137 Å². The van der Waals surface area contributed by atoms with Crippen LogP contribution in [-0.2, 0) is 13.0 Å². The van der Waals surface area contributed by atoms with Crippen LogP contribution in [0, 0.1) is 6.92 Å². The van der Waals surface area contributed by atoms with Crippen LogP contribution in [0.15, 0.2) is 34.2 Å². The number of aromatic nitrogens is 3. The fourth-order valence-electron chi connectivity index (χ4n) is 1.98. The third kappa shape index (κ3) is 3.62. The molecule has 1 N–H and O–H groups in total. The monoisotopic (exact) mass is 328 g/mol. The first-order chi connectivity index (χ1) is 11.2. The number of hydrogen-bond donors (Lipinski definition) is 1. The van der Waals surface area contributed by atoms with E-state index in [-0.39, 0.29) is 12.5 Å². The number of rotatable bonds is 5. The molecule has 23 heavy (non-hydrogen) atoms. The molecule has 118 valence electrons. The van der Waals surface area contributed by atoms with E-state index in [4.69, 9.17) is 4.42 Å². The molecular weight excluding hydrogens is 312 g/mol. The van der Waals surface area contributed by atoms with Gasteiger partial charge in [0.2, 0.25) is 11.8 Å². The van der Waals surface area contributed by atoms with Crippen LogP contribution in [-0.4, -0.2) is 21.1 Å². The summed E-state index contributed by atoms with van der Waals surface area (Å²) in [6, 6.07) is 5.65. The second-order valence-electron chi connectivity index (χ2n) is 5.03. The predicted octanol–water partition coefficient (Wildman–Crippen LogP) is 2.99. The summed E-state index contributed by atoms with van der Waals surface area (Å²) in [7, 11) is 0. The van der Waals surface area contributed by atoms with Crippen molar-refractivity contribution in [3.8, 4) is 11.5 Å². The summed E-state index contributed by atoms with van der Waals surface area (Å²) < 4.78 is 5.55. The molecule has 7 heteroatoms. The average molecular weight is 328 g/mol. The van der Waals surface area contributed by atoms with Gasteiger partial charge in [0.05, 0.1) is 17.7 Å². The quantitative estimate of drug-likeness (QED) is 0.778. The van der Waals surface area contributed by atoms with Crippen molar-refractivity contribution in [1.82, 2.24) is 20.5 Å². The summed E-state index contributed by atoms with van der Waals surface area (Å²) in [6.07, 6.45) is 2.61. The second-order valence-corrected chi connectivity index (χ2v) is 6.02. The number of nitrogens with zero attached hydrogens (tertiary/aromatic N) is 3. The Morgan fingerprint density at radius 2 is 2.22 bits per heavy atom. The molecule has 0 saturated heterocycles. The van der Waals surface area contributed by atoms with E-state index in [1.165, 1.54) is 4.88 Å². The van der Waals surface area contributed by atoms with Gasteiger partial charge in [0, 0.05) is 22.1 Å². The fourth-order valence-corrected chi connectivity index (χ4v) is 2.79. The number of nitrogens with one attached hydrogen (secondary N) is 1. The minimum absolute atomic E-state index is 0.141. The third-order valence-electron chi connectivity index (χ3n) is 3.29. The second kappa shape index (κ2) is 6.70. The number of aryl methyl sites for hydroxylation is 2. The van der Waals surface area contributed by atoms with Crippen molar-refractivity contribution in [1.29, 1.82) is 0 Å². The van der Waals surface area contributed by atoms with Crippen molar-refractivity contribution < 1.29 is 9.21 Å². The van der Waals surface area contributed by atoms with E-state index in [1.807, 2.05) is 30.5 Å². The smallest absolute Gasteiger partial charge is 0.252 e. The van der Waals surface area contributed by atoms with Crippen molar-refractivity contribution in [2.24, 2.45) is 0 Å². The van der Waals surface area contributed by atoms with Crippen molar-refractivity contribution >= 4 is 17.2 Å². The maximum Gasteiger partial charge on any atom is 0.252 e. The maximum absolute atomic E-state index is 12.1. The highest BCUT2D eigenvalue weighted by molar-refractivity contribution is 7.10. The van der Waals surface area contributed by atoms with Crippen molar-refractivity contribution in [3.63, 3.8) is 0 Å². The van der Waals surface area contributed by atoms with Gasteiger partial charge in [0.1, 0.15) is 0 Å². The summed E-state index contributed by atoms with van der Waals surface area (Å²) in [4.78, 5) is 17.4. The number of pyridine rings is 1. The van der Waals surface area contributed by atoms with Crippen LogP contribution in [0.4, 0.5) is 0 Å². The van der Waals surface area contributed by atoms with Gasteiger partial charge in [-0.2, -0.15) is 0 Å². The minimum atomic E-state index is -0.141. The molecular formula is C16H16N4O2S. The molecule has 3 heterocycles. The topological polar surface area (TPSA) is 80.9 Å². The van der Waals surface area contributed by atoms with Gasteiger partial charge in [-0.25, -0.2) is 0 Å². The number of amides is 1. The standard InChI is InChI=1S/C16H16N4O2S/c1-3-13-6-12(9-23-13)15(21)18-8-14-19-20-16(22-14)11-5-4-10(2)17-7-11/h4-7,9H,3,8H2,1-2H3,(H,18,21). The Balaban J connectivity index is 1.63. The van der Waals surface area contributed by atoms with Gasteiger partial charge in [-0.05, 0) is 31.5 Å². The van der Waals surface area contributed by atoms with Crippen LogP contribution in [0.3, 0.4) is 0 Å². The minimum Gasteiger partial charge on any atom is -0.419 e. The third-order valence-corrected chi connectivity index (χ3v) is 4.37. The van der Waals surface area contributed by atoms with Crippen molar-refractivity contribution in [2.75, 3.05) is 0 Å². The zero-order chi connectivity index (χ0) is 16.2. The van der Waals surface area contributed by atoms with Crippen LogP contribution in [0.25, 0.3) is 11.5 Å². The Morgan fingerprint density at radius 3 is 2.91 bits per heavy atom. The highest BCUT2D eigenvalue weighted by Crippen LogP contribution is 2.17. The molecule has 0 aliphatic rings. The van der Waals surface area contributed by atoms with Gasteiger partial charge < -0.3 is 9.73 Å². The molecule has 0 atom stereocenters. The molecule has 3 aromatic heterocycles. The number of carbonyl (C=O) groups excluding carboxylic acids is 1. The predicted molar refractivity (Wildman–Crippen MR) is 87.1 cm³/mol. The van der Waals surface area contributed by atoms with E-state index in [0.717, 1.165) is 17.7 Å². The lowest BCUT2D eigenvalue weighted by Crippen LogP contribution is -2.22. The summed E-state index contributed by atoms with van der Waals surface area (Å²) in [6.45, 7) is 4.17. The lowest BCUT2D eigenvalue weighted by molar-refractivity contribution is 0.0947. The largest absolute Gasteiger partial charge is 0.419 e. The molecule has 0 bridgehead atoms. The van der Waals surface area contributed by atoms with E-state index in [9.17, 15) is 4.79 Å². The Hall–Kier alpha value is -2.54. The molecule has 0 spiro atoms. The first kappa shape index (κ1) is 15.4. The lowest BCUT2D eigenvalue weighted by Gasteiger charge is -1.99. The Morgan fingerprint density at radius 1 is 1.35 bits per heavy atom. The first-order valence-electron chi connectivity index (χ1n) is 7.26. The van der Waals surface area contributed by atoms with Crippen LogP contribution in [0.5, 0.6) is 0 Å². The molecule has 0 unspecified atom stereocenters. The highest BCUT2D eigenvalue weighted by atomic mass is 32.1. The number of thiophene rings is 1. The molecule has 0 saturated carbocycles. The van der Waals surface area contributed by atoms with E-state index in [0.29, 0.717) is 17.3 Å². The van der Waals surface area contributed by atoms with Crippen LogP contribution < -0.4 is 5.32 Å². The van der Waals surface area contributed by atoms with Gasteiger partial charge in [0.15, 0.2) is 0 Å². The molecule has 0 radical (unpaired) electrons. The average Bonchev–Trinajstić information content (AvgIpc) is 3.22. The van der Waals surface area contributed by atoms with Gasteiger partial charge in [0.25, 0.3) is 5.91 Å². The van der Waals surface area contributed by atoms with Gasteiger partial charge >= 0.3 is 0 Å². The van der Waals surface area contributed by atoms with Gasteiger partial charge in [-0.3, -0.25) is 9.78 Å². The molecule has 0 aromatic carbocycles. The van der Waals surface area contributed by atoms with E-state index >= 15 is 0 Å². The van der Waals surface area contributed by atoms with Gasteiger partial charge in [-0.15, -0.1) is 21.5 Å². The van der Waals surface area contributed by atoms with Crippen LogP contribution >= 0.6 is 11.3 Å². The normalized spacial score (nSPS) is 10.7. The summed E-state index contributed by atoms with van der Waals surface area (Å²) in [5, 5.41) is 12.6. The molecule has 0 aliphatic carbocycles. The fraction of sp³-hybridized carbons (Fsp3) is 0.250. The molecule has 0 fully saturated rings. The van der Waals surface area contributed by atoms with E-state index < -0.39 is 0 Å². The zero-order valence-corrected chi connectivity index (χ0v) is 13.7. The summed E-state index contributed by atoms with van der Waals surface area (Å²) >= 11 is 1.58. The Bertz CT molecular complexity index is 808. The van der Waals surface area contributed by atoms with Crippen molar-refractivity contribution in [3.05, 3.63) is 51.8 Å². The molecule has 0 aliphatic heterocycles. The number of carbonyl (C=O) groups is 1. The van der Waals surface area contributed by atoms with Gasteiger partial charge in [-0.1, -0.05) is 6.92 Å². The van der Waals surface area contributed by atoms with E-state index in [2.05, 4.69) is 27.4 Å². The number of hydrogen-bond acceptors (Lipinski definition) is 6. The molecule has 1 amide bonds. The zero-order valence-electron chi connectivity index (χ0n) is 12.9. The molecule has 3 rings (SSSR count). The van der Waals surface area contributed by atoms with E-state index in [1.54, 1.807) is 17.5 Å². The molecule has 6 nitrogen and oxygen atoms in total. The summed E-state index contributed by atoms with van der Waals surface area (Å²) in [5.74, 6) is 0.614. The van der Waals surface area contributed by atoms with Crippen molar-refractivity contribution in [2.45, 2.75) is 26.8 Å². The highest BCUT2D eigenvalue weighted by Gasteiger charge is 2.12. The maximum atomic E-state index is 12.1. The van der Waals surface area contributed by atoms with Crippen LogP contribution in [0.1, 0.15) is 33.7 Å². The summed E-state index contributed by atoms with van der Waals surface area (Å²) in [5.41, 5.74) is 2.34. The lowest BCUT2D eigenvalue weighted by atomic mass is 10.2. The first-order valence-corrected chi connectivity index (χ1v) is 8.14. The van der Waals surface area contributed by atoms with Crippen LogP contribution in [0.2, 0.25) is 0 Å². The Kier molecular flexibility index (Phi) is 4.47. The SMILES string of the molecule is CCc1cc(C(=O)NCc2nnc(-c3ccc(C)nc3)o2)cs1. The molecule has 3 aromatic rings.